The Bertz CT molecular complexity index is 329. The van der Waals surface area contributed by atoms with E-state index in [4.69, 9.17) is 5.73 Å². The highest BCUT2D eigenvalue weighted by Crippen LogP contribution is 2.24. The molecule has 1 atom stereocenters. The van der Waals surface area contributed by atoms with Crippen LogP contribution in [0, 0.1) is 0 Å². The molecule has 1 heterocycles. The number of hydrogen-bond acceptors (Lipinski definition) is 4. The maximum Gasteiger partial charge on any atom is 0.425 e. The monoisotopic (exact) mass is 221 g/mol. The van der Waals surface area contributed by atoms with E-state index in [1.165, 1.54) is 12.4 Å². The van der Waals surface area contributed by atoms with Gasteiger partial charge in [-0.15, -0.1) is 0 Å². The number of hydrogen-bond donors (Lipinski definition) is 1. The molecule has 0 amide bonds. The molecule has 0 saturated carbocycles. The maximum atomic E-state index is 12.2. The summed E-state index contributed by atoms with van der Waals surface area (Å²) in [5.74, 6) is -0.176. The van der Waals surface area contributed by atoms with Crippen molar-refractivity contribution in [2.75, 3.05) is 0 Å². The Balaban J connectivity index is 2.80. The summed E-state index contributed by atoms with van der Waals surface area (Å²) >= 11 is 0. The molecule has 0 spiro atoms. The van der Waals surface area contributed by atoms with Gasteiger partial charge in [-0.25, -0.2) is 4.98 Å². The average molecular weight is 221 g/mol. The Morgan fingerprint density at radius 3 is 2.53 bits per heavy atom. The van der Waals surface area contributed by atoms with E-state index >= 15 is 0 Å². The van der Waals surface area contributed by atoms with Crippen molar-refractivity contribution in [2.24, 2.45) is 5.73 Å². The molecular formula is C8H10F3N3O. The van der Waals surface area contributed by atoms with Gasteiger partial charge in [-0.2, -0.15) is 13.2 Å². The first-order valence-electron chi connectivity index (χ1n) is 4.18. The van der Waals surface area contributed by atoms with Crippen LogP contribution < -0.4 is 10.5 Å². The van der Waals surface area contributed by atoms with Crippen molar-refractivity contribution in [2.45, 2.75) is 25.7 Å². The fourth-order valence-corrected chi connectivity index (χ4v) is 0.827. The fourth-order valence-electron chi connectivity index (χ4n) is 0.827. The molecule has 0 aromatic carbocycles. The molecule has 84 valence electrons. The SMILES string of the molecule is CC(Oc1nccnc1CN)C(F)(F)F. The second kappa shape index (κ2) is 4.43. The van der Waals surface area contributed by atoms with Crippen LogP contribution in [0.4, 0.5) is 13.2 Å². The zero-order valence-electron chi connectivity index (χ0n) is 7.95. The van der Waals surface area contributed by atoms with E-state index in [2.05, 4.69) is 14.7 Å². The van der Waals surface area contributed by atoms with Crippen LogP contribution in [-0.2, 0) is 6.54 Å². The molecule has 0 fully saturated rings. The third kappa shape index (κ3) is 3.05. The summed E-state index contributed by atoms with van der Waals surface area (Å²) in [5, 5.41) is 0. The van der Waals surface area contributed by atoms with Crippen LogP contribution in [0.2, 0.25) is 0 Å². The number of halogens is 3. The number of rotatable bonds is 3. The fraction of sp³-hybridized carbons (Fsp3) is 0.500. The molecule has 2 N–H and O–H groups in total. The molecule has 0 radical (unpaired) electrons. The van der Waals surface area contributed by atoms with Gasteiger partial charge in [0.25, 0.3) is 0 Å². The lowest BCUT2D eigenvalue weighted by Crippen LogP contribution is -2.32. The van der Waals surface area contributed by atoms with Crippen LogP contribution in [0.3, 0.4) is 0 Å². The minimum absolute atomic E-state index is 0.0201. The van der Waals surface area contributed by atoms with Crippen molar-refractivity contribution in [1.29, 1.82) is 0 Å². The lowest BCUT2D eigenvalue weighted by molar-refractivity contribution is -0.190. The van der Waals surface area contributed by atoms with Crippen molar-refractivity contribution in [3.05, 3.63) is 18.1 Å². The minimum Gasteiger partial charge on any atom is -0.464 e. The first kappa shape index (κ1) is 11.7. The van der Waals surface area contributed by atoms with Crippen LogP contribution in [-0.4, -0.2) is 22.2 Å². The molecule has 0 saturated heterocycles. The number of ether oxygens (including phenoxy) is 1. The van der Waals surface area contributed by atoms with Gasteiger partial charge in [0, 0.05) is 18.9 Å². The third-order valence-corrected chi connectivity index (χ3v) is 1.68. The second-order valence-corrected chi connectivity index (χ2v) is 2.81. The zero-order chi connectivity index (χ0) is 11.5. The predicted molar refractivity (Wildman–Crippen MR) is 46.1 cm³/mol. The third-order valence-electron chi connectivity index (χ3n) is 1.68. The molecule has 0 aliphatic carbocycles. The molecule has 1 unspecified atom stereocenters. The summed E-state index contributed by atoms with van der Waals surface area (Å²) in [6.07, 6.45) is -3.77. The van der Waals surface area contributed by atoms with Gasteiger partial charge in [-0.3, -0.25) is 4.98 Å². The average Bonchev–Trinajstić information content (AvgIpc) is 2.17. The van der Waals surface area contributed by atoms with Crippen LogP contribution >= 0.6 is 0 Å². The van der Waals surface area contributed by atoms with Gasteiger partial charge in [-0.05, 0) is 6.92 Å². The van der Waals surface area contributed by atoms with E-state index in [1.807, 2.05) is 0 Å². The van der Waals surface area contributed by atoms with E-state index in [0.717, 1.165) is 6.92 Å². The molecule has 7 heteroatoms. The number of alkyl halides is 3. The van der Waals surface area contributed by atoms with E-state index in [1.54, 1.807) is 0 Å². The summed E-state index contributed by atoms with van der Waals surface area (Å²) in [7, 11) is 0. The van der Waals surface area contributed by atoms with Crippen LogP contribution in [0.1, 0.15) is 12.6 Å². The molecule has 0 aliphatic heterocycles. The van der Waals surface area contributed by atoms with Crippen molar-refractivity contribution in [3.63, 3.8) is 0 Å². The highest BCUT2D eigenvalue weighted by atomic mass is 19.4. The second-order valence-electron chi connectivity index (χ2n) is 2.81. The van der Waals surface area contributed by atoms with Crippen molar-refractivity contribution in [1.82, 2.24) is 9.97 Å². The molecule has 1 aromatic heterocycles. The van der Waals surface area contributed by atoms with Crippen molar-refractivity contribution in [3.8, 4) is 5.88 Å². The van der Waals surface area contributed by atoms with Gasteiger partial charge >= 0.3 is 6.18 Å². The van der Waals surface area contributed by atoms with Crippen LogP contribution in [0.25, 0.3) is 0 Å². The molecule has 0 aliphatic rings. The van der Waals surface area contributed by atoms with Crippen molar-refractivity contribution >= 4 is 0 Å². The normalized spacial score (nSPS) is 13.7. The summed E-state index contributed by atoms with van der Waals surface area (Å²) in [6.45, 7) is 0.878. The highest BCUT2D eigenvalue weighted by molar-refractivity contribution is 5.17. The first-order valence-corrected chi connectivity index (χ1v) is 4.18. The van der Waals surface area contributed by atoms with Gasteiger partial charge in [-0.1, -0.05) is 0 Å². The zero-order valence-corrected chi connectivity index (χ0v) is 7.95. The van der Waals surface area contributed by atoms with Gasteiger partial charge in [0.05, 0.1) is 0 Å². The molecule has 1 aromatic rings. The van der Waals surface area contributed by atoms with E-state index in [-0.39, 0.29) is 18.1 Å². The summed E-state index contributed by atoms with van der Waals surface area (Å²) in [4.78, 5) is 7.39. The van der Waals surface area contributed by atoms with Gasteiger partial charge in [0.1, 0.15) is 5.69 Å². The largest absolute Gasteiger partial charge is 0.464 e. The number of nitrogens with two attached hydrogens (primary N) is 1. The Morgan fingerprint density at radius 2 is 2.00 bits per heavy atom. The van der Waals surface area contributed by atoms with E-state index in [0.29, 0.717) is 0 Å². The minimum atomic E-state index is -4.43. The quantitative estimate of drug-likeness (QED) is 0.834. The Hall–Kier alpha value is -1.37. The summed E-state index contributed by atoms with van der Waals surface area (Å²) < 4.78 is 41.1. The predicted octanol–water partition coefficient (Wildman–Crippen LogP) is 1.26. The lowest BCUT2D eigenvalue weighted by atomic mass is 10.4. The van der Waals surface area contributed by atoms with Gasteiger partial charge < -0.3 is 10.5 Å². The Labute approximate surface area is 84.3 Å². The van der Waals surface area contributed by atoms with Gasteiger partial charge in [0.15, 0.2) is 6.10 Å². The topological polar surface area (TPSA) is 61.0 Å². The molecule has 0 bridgehead atoms. The first-order chi connectivity index (χ1) is 6.95. The molecular weight excluding hydrogens is 211 g/mol. The molecule has 1 rings (SSSR count). The summed E-state index contributed by atoms with van der Waals surface area (Å²) in [6, 6.07) is 0. The Kier molecular flexibility index (Phi) is 3.46. The number of nitrogens with zero attached hydrogens (tertiary/aromatic N) is 2. The maximum absolute atomic E-state index is 12.2. The smallest absolute Gasteiger partial charge is 0.425 e. The van der Waals surface area contributed by atoms with E-state index in [9.17, 15) is 13.2 Å². The molecule has 15 heavy (non-hydrogen) atoms. The standard InChI is InChI=1S/C8H10F3N3O/c1-5(8(9,10)11)15-7-6(4-12)13-2-3-14-7/h2-3,5H,4,12H2,1H3. The van der Waals surface area contributed by atoms with Gasteiger partial charge in [0.2, 0.25) is 5.88 Å². The van der Waals surface area contributed by atoms with Crippen molar-refractivity contribution < 1.29 is 17.9 Å². The summed E-state index contributed by atoms with van der Waals surface area (Å²) in [5.41, 5.74) is 5.47. The molecule has 4 nitrogen and oxygen atoms in total. The Morgan fingerprint density at radius 1 is 1.40 bits per heavy atom. The van der Waals surface area contributed by atoms with Crippen LogP contribution in [0.5, 0.6) is 5.88 Å². The lowest BCUT2D eigenvalue weighted by Gasteiger charge is -2.17. The van der Waals surface area contributed by atoms with Crippen LogP contribution in [0.15, 0.2) is 12.4 Å². The number of aromatic nitrogens is 2. The highest BCUT2D eigenvalue weighted by Gasteiger charge is 2.38. The van der Waals surface area contributed by atoms with E-state index < -0.39 is 12.3 Å².